The summed E-state index contributed by atoms with van der Waals surface area (Å²) in [7, 11) is 0. The third kappa shape index (κ3) is 4.64. The Hall–Kier alpha value is -2.88. The third-order valence-corrected chi connectivity index (χ3v) is 6.52. The molecule has 1 aromatic rings. The van der Waals surface area contributed by atoms with Crippen molar-refractivity contribution in [1.82, 2.24) is 4.90 Å². The fourth-order valence-corrected chi connectivity index (χ4v) is 4.45. The first-order chi connectivity index (χ1) is 14.3. The van der Waals surface area contributed by atoms with E-state index in [-0.39, 0.29) is 18.4 Å². The Bertz CT molecular complexity index is 862. The molecule has 0 bridgehead atoms. The van der Waals surface area contributed by atoms with Gasteiger partial charge in [0.05, 0.1) is 17.2 Å². The summed E-state index contributed by atoms with van der Waals surface area (Å²) in [5.41, 5.74) is 0.702. The van der Waals surface area contributed by atoms with Crippen molar-refractivity contribution in [3.63, 3.8) is 0 Å². The minimum atomic E-state index is -1.03. The van der Waals surface area contributed by atoms with Crippen LogP contribution in [0.5, 0.6) is 0 Å². The molecule has 1 aliphatic heterocycles. The summed E-state index contributed by atoms with van der Waals surface area (Å²) in [4.78, 5) is 39.5. The van der Waals surface area contributed by atoms with E-state index in [4.69, 9.17) is 10.00 Å². The summed E-state index contributed by atoms with van der Waals surface area (Å²) in [6.07, 6.45) is 2.34. The van der Waals surface area contributed by atoms with E-state index in [1.54, 1.807) is 24.3 Å². The zero-order chi connectivity index (χ0) is 21.8. The molecule has 0 unspecified atom stereocenters. The highest BCUT2D eigenvalue weighted by atomic mass is 16.5. The van der Waals surface area contributed by atoms with Crippen LogP contribution in [-0.2, 0) is 19.1 Å². The number of rotatable bonds is 5. The first-order valence-corrected chi connectivity index (χ1v) is 10.6. The monoisotopic (exact) mass is 411 g/mol. The fraction of sp³-hybridized carbons (Fsp3) is 0.565. The molecule has 1 saturated heterocycles. The number of para-hydroxylation sites is 1. The Balaban J connectivity index is 1.57. The maximum Gasteiger partial charge on any atom is 0.312 e. The van der Waals surface area contributed by atoms with Gasteiger partial charge in [-0.3, -0.25) is 14.4 Å². The highest BCUT2D eigenvalue weighted by molar-refractivity contribution is 5.96. The number of nitrogens with one attached hydrogen (secondary N) is 1. The summed E-state index contributed by atoms with van der Waals surface area (Å²) in [5, 5.41) is 11.7. The minimum Gasteiger partial charge on any atom is -0.452 e. The first kappa shape index (κ1) is 21.8. The molecule has 0 spiro atoms. The molecule has 30 heavy (non-hydrogen) atoms. The van der Waals surface area contributed by atoms with Gasteiger partial charge in [-0.2, -0.15) is 5.26 Å². The number of amides is 2. The second kappa shape index (κ2) is 9.29. The molecule has 2 amide bonds. The van der Waals surface area contributed by atoms with Crippen molar-refractivity contribution in [1.29, 1.82) is 5.26 Å². The molecule has 1 aromatic carbocycles. The second-order valence-corrected chi connectivity index (χ2v) is 8.51. The highest BCUT2D eigenvalue weighted by Gasteiger charge is 2.42. The van der Waals surface area contributed by atoms with Gasteiger partial charge in [-0.05, 0) is 37.3 Å². The number of benzene rings is 1. The lowest BCUT2D eigenvalue weighted by Crippen LogP contribution is -2.45. The molecule has 7 nitrogen and oxygen atoms in total. The van der Waals surface area contributed by atoms with Gasteiger partial charge in [0.15, 0.2) is 6.10 Å². The van der Waals surface area contributed by atoms with Crippen molar-refractivity contribution in [2.45, 2.75) is 58.6 Å². The van der Waals surface area contributed by atoms with Gasteiger partial charge in [0.2, 0.25) is 5.91 Å². The van der Waals surface area contributed by atoms with Crippen LogP contribution in [0.2, 0.25) is 0 Å². The van der Waals surface area contributed by atoms with Crippen LogP contribution in [0.1, 0.15) is 52.0 Å². The maximum atomic E-state index is 12.6. The molecule has 0 aromatic heterocycles. The number of ether oxygens (including phenoxy) is 1. The number of hydrogen-bond donors (Lipinski definition) is 1. The standard InChI is InChI=1S/C23H29N3O4/c1-14-7-6-10-20(15(14)2)26-13-18(11-21(26)27)23(29)30-16(3)22(28)25-19-9-5-4-8-17(19)12-24/h4-5,8-9,14-16,18,20H,6-7,10-11,13H2,1-3H3,(H,25,28)/t14-,15+,16-,18+,20-/m0/s1. The van der Waals surface area contributed by atoms with Crippen LogP contribution in [0.15, 0.2) is 24.3 Å². The molecule has 1 aliphatic carbocycles. The number of carbonyl (C=O) groups is 3. The lowest BCUT2D eigenvalue weighted by atomic mass is 9.77. The lowest BCUT2D eigenvalue weighted by molar-refractivity contribution is -0.157. The van der Waals surface area contributed by atoms with Crippen LogP contribution in [0.4, 0.5) is 5.69 Å². The van der Waals surface area contributed by atoms with Gasteiger partial charge < -0.3 is 15.0 Å². The number of carbonyl (C=O) groups excluding carboxylic acids is 3. The molecule has 1 saturated carbocycles. The zero-order valence-electron chi connectivity index (χ0n) is 17.8. The first-order valence-electron chi connectivity index (χ1n) is 10.6. The molecule has 7 heteroatoms. The molecule has 1 heterocycles. The Morgan fingerprint density at radius 3 is 2.73 bits per heavy atom. The van der Waals surface area contributed by atoms with Crippen LogP contribution in [0.25, 0.3) is 0 Å². The van der Waals surface area contributed by atoms with E-state index in [1.807, 2.05) is 11.0 Å². The van der Waals surface area contributed by atoms with Gasteiger partial charge in [0, 0.05) is 19.0 Å². The third-order valence-electron chi connectivity index (χ3n) is 6.52. The average molecular weight is 412 g/mol. The summed E-state index contributed by atoms with van der Waals surface area (Å²) in [5.74, 6) is -0.642. The summed E-state index contributed by atoms with van der Waals surface area (Å²) < 4.78 is 5.36. The lowest BCUT2D eigenvalue weighted by Gasteiger charge is -2.39. The number of likely N-dealkylation sites (tertiary alicyclic amines) is 1. The second-order valence-electron chi connectivity index (χ2n) is 8.51. The highest BCUT2D eigenvalue weighted by Crippen LogP contribution is 2.36. The van der Waals surface area contributed by atoms with Crippen LogP contribution < -0.4 is 5.32 Å². The van der Waals surface area contributed by atoms with E-state index in [0.717, 1.165) is 12.8 Å². The number of nitriles is 1. The van der Waals surface area contributed by atoms with E-state index in [1.165, 1.54) is 13.3 Å². The number of hydrogen-bond acceptors (Lipinski definition) is 5. The van der Waals surface area contributed by atoms with Gasteiger partial charge in [-0.25, -0.2) is 0 Å². The molecule has 1 N–H and O–H groups in total. The van der Waals surface area contributed by atoms with E-state index in [2.05, 4.69) is 19.2 Å². The SMILES string of the molecule is C[C@@H]1[C@@H](C)CCC[C@@H]1N1C[C@H](C(=O)O[C@@H](C)C(=O)Nc2ccccc2C#N)CC1=O. The van der Waals surface area contributed by atoms with E-state index < -0.39 is 23.9 Å². The van der Waals surface area contributed by atoms with E-state index in [0.29, 0.717) is 29.6 Å². The smallest absolute Gasteiger partial charge is 0.312 e. The average Bonchev–Trinajstić information content (AvgIpc) is 3.12. The molecule has 3 rings (SSSR count). The Labute approximate surface area is 177 Å². The van der Waals surface area contributed by atoms with Crippen molar-refractivity contribution in [3.05, 3.63) is 29.8 Å². The summed E-state index contributed by atoms with van der Waals surface area (Å²) >= 11 is 0. The maximum absolute atomic E-state index is 12.6. The summed E-state index contributed by atoms with van der Waals surface area (Å²) in [6.45, 7) is 6.24. The Morgan fingerprint density at radius 2 is 2.00 bits per heavy atom. The predicted molar refractivity (Wildman–Crippen MR) is 111 cm³/mol. The molecule has 5 atom stereocenters. The quantitative estimate of drug-likeness (QED) is 0.751. The van der Waals surface area contributed by atoms with Crippen molar-refractivity contribution in [2.24, 2.45) is 17.8 Å². The topological polar surface area (TPSA) is 99.5 Å². The molecule has 160 valence electrons. The van der Waals surface area contributed by atoms with Crippen molar-refractivity contribution in [3.8, 4) is 6.07 Å². The van der Waals surface area contributed by atoms with Crippen LogP contribution in [-0.4, -0.2) is 41.4 Å². The predicted octanol–water partition coefficient (Wildman–Crippen LogP) is 3.10. The van der Waals surface area contributed by atoms with Gasteiger partial charge in [-0.15, -0.1) is 0 Å². The van der Waals surface area contributed by atoms with Crippen molar-refractivity contribution in [2.75, 3.05) is 11.9 Å². The zero-order valence-corrected chi connectivity index (χ0v) is 17.8. The number of esters is 1. The molecule has 2 fully saturated rings. The number of anilines is 1. The van der Waals surface area contributed by atoms with Gasteiger partial charge in [0.25, 0.3) is 5.91 Å². The largest absolute Gasteiger partial charge is 0.452 e. The fourth-order valence-electron chi connectivity index (χ4n) is 4.45. The normalized spacial score (nSPS) is 27.3. The summed E-state index contributed by atoms with van der Waals surface area (Å²) in [6, 6.07) is 8.80. The Kier molecular flexibility index (Phi) is 6.76. The van der Waals surface area contributed by atoms with Crippen molar-refractivity contribution < 1.29 is 19.1 Å². The van der Waals surface area contributed by atoms with Crippen LogP contribution >= 0.6 is 0 Å². The number of nitrogens with zero attached hydrogens (tertiary/aromatic N) is 2. The van der Waals surface area contributed by atoms with Gasteiger partial charge in [-0.1, -0.05) is 38.8 Å². The van der Waals surface area contributed by atoms with Crippen LogP contribution in [0.3, 0.4) is 0 Å². The van der Waals surface area contributed by atoms with Crippen LogP contribution in [0, 0.1) is 29.1 Å². The molecular formula is C23H29N3O4. The van der Waals surface area contributed by atoms with E-state index >= 15 is 0 Å². The molecule has 0 radical (unpaired) electrons. The molecule has 2 aliphatic rings. The minimum absolute atomic E-state index is 0.0112. The van der Waals surface area contributed by atoms with Gasteiger partial charge in [0.1, 0.15) is 6.07 Å². The van der Waals surface area contributed by atoms with Gasteiger partial charge >= 0.3 is 5.97 Å². The molecular weight excluding hydrogens is 382 g/mol. The van der Waals surface area contributed by atoms with Crippen molar-refractivity contribution >= 4 is 23.5 Å². The Morgan fingerprint density at radius 1 is 1.27 bits per heavy atom. The van der Waals surface area contributed by atoms with E-state index in [9.17, 15) is 14.4 Å².